The number of carbonyl (C=O) groups excluding carboxylic acids is 1. The van der Waals surface area contributed by atoms with Gasteiger partial charge in [0.05, 0.1) is 35.5 Å². The van der Waals surface area contributed by atoms with E-state index in [-0.39, 0.29) is 18.1 Å². The molecule has 1 aliphatic heterocycles. The van der Waals surface area contributed by atoms with Gasteiger partial charge in [0.2, 0.25) is 0 Å². The fourth-order valence-corrected chi connectivity index (χ4v) is 3.62. The van der Waals surface area contributed by atoms with Crippen molar-refractivity contribution in [2.45, 2.75) is 39.5 Å². The largest absolute Gasteiger partial charge is 0.372 e. The summed E-state index contributed by atoms with van der Waals surface area (Å²) in [6.45, 7) is 7.74. The lowest BCUT2D eigenvalue weighted by molar-refractivity contribution is -0.0587. The van der Waals surface area contributed by atoms with Crippen molar-refractivity contribution in [3.05, 3.63) is 47.5 Å². The number of H-pyrrole nitrogens is 1. The minimum atomic E-state index is -0.0540. The SMILES string of the molecule is Cc1nc2ccccc2n1Cc1cc(C(=O)N2C[C@@H](C)O[C@@H](C)C2)n[nH]1. The third-order valence-corrected chi connectivity index (χ3v) is 4.73. The summed E-state index contributed by atoms with van der Waals surface area (Å²) in [4.78, 5) is 19.2. The van der Waals surface area contributed by atoms with E-state index in [0.29, 0.717) is 25.3 Å². The number of morpholine rings is 1. The maximum Gasteiger partial charge on any atom is 0.274 e. The summed E-state index contributed by atoms with van der Waals surface area (Å²) in [6.07, 6.45) is 0.0853. The maximum atomic E-state index is 12.8. The molecule has 4 rings (SSSR count). The molecule has 0 aliphatic carbocycles. The topological polar surface area (TPSA) is 76.0 Å². The van der Waals surface area contributed by atoms with Gasteiger partial charge in [0.15, 0.2) is 0 Å². The average Bonchev–Trinajstić information content (AvgIpc) is 3.19. The lowest BCUT2D eigenvalue weighted by atomic mass is 10.2. The van der Waals surface area contributed by atoms with Gasteiger partial charge in [-0.05, 0) is 39.0 Å². The predicted molar refractivity (Wildman–Crippen MR) is 98.1 cm³/mol. The fraction of sp³-hybridized carbons (Fsp3) is 0.421. The standard InChI is InChI=1S/C19H23N5O2/c1-12-9-23(10-13(2)26-12)19(25)17-8-15(21-22-17)11-24-14(3)20-16-6-4-5-7-18(16)24/h4-8,12-13H,9-11H2,1-3H3,(H,21,22)/t12-,13+. The van der Waals surface area contributed by atoms with Crippen molar-refractivity contribution in [3.63, 3.8) is 0 Å². The van der Waals surface area contributed by atoms with Gasteiger partial charge < -0.3 is 14.2 Å². The van der Waals surface area contributed by atoms with Crippen LogP contribution < -0.4 is 0 Å². The number of aromatic amines is 1. The van der Waals surface area contributed by atoms with E-state index < -0.39 is 0 Å². The molecule has 1 aliphatic rings. The van der Waals surface area contributed by atoms with Gasteiger partial charge in [0, 0.05) is 13.1 Å². The van der Waals surface area contributed by atoms with Crippen LogP contribution in [0.15, 0.2) is 30.3 Å². The Morgan fingerprint density at radius 2 is 2.00 bits per heavy atom. The summed E-state index contributed by atoms with van der Waals surface area (Å²) in [5.74, 6) is 0.881. The summed E-state index contributed by atoms with van der Waals surface area (Å²) < 4.78 is 7.82. The summed E-state index contributed by atoms with van der Waals surface area (Å²) in [5.41, 5.74) is 3.37. The van der Waals surface area contributed by atoms with Crippen LogP contribution in [0.25, 0.3) is 11.0 Å². The van der Waals surface area contributed by atoms with Crippen LogP contribution in [0.5, 0.6) is 0 Å². The first kappa shape index (κ1) is 16.8. The van der Waals surface area contributed by atoms with Gasteiger partial charge in [-0.2, -0.15) is 5.10 Å². The third kappa shape index (κ3) is 3.10. The Hall–Kier alpha value is -2.67. The van der Waals surface area contributed by atoms with Gasteiger partial charge in [-0.3, -0.25) is 9.89 Å². The summed E-state index contributed by atoms with van der Waals surface area (Å²) in [6, 6.07) is 9.87. The molecule has 0 saturated carbocycles. The highest BCUT2D eigenvalue weighted by Gasteiger charge is 2.28. The molecule has 0 spiro atoms. The summed E-state index contributed by atoms with van der Waals surface area (Å²) in [5, 5.41) is 7.24. The Morgan fingerprint density at radius 3 is 2.77 bits per heavy atom. The monoisotopic (exact) mass is 353 g/mol. The van der Waals surface area contributed by atoms with Crippen molar-refractivity contribution in [3.8, 4) is 0 Å². The molecule has 26 heavy (non-hydrogen) atoms. The highest BCUT2D eigenvalue weighted by molar-refractivity contribution is 5.92. The number of aromatic nitrogens is 4. The number of benzene rings is 1. The van der Waals surface area contributed by atoms with Crippen molar-refractivity contribution in [1.82, 2.24) is 24.6 Å². The number of rotatable bonds is 3. The maximum absolute atomic E-state index is 12.8. The second-order valence-electron chi connectivity index (χ2n) is 6.98. The van der Waals surface area contributed by atoms with Crippen LogP contribution in [0.2, 0.25) is 0 Å². The zero-order valence-electron chi connectivity index (χ0n) is 15.3. The second kappa shape index (κ2) is 6.57. The van der Waals surface area contributed by atoms with E-state index in [1.54, 1.807) is 0 Å². The Morgan fingerprint density at radius 1 is 1.27 bits per heavy atom. The molecule has 2 atom stereocenters. The molecule has 7 heteroatoms. The first-order valence-electron chi connectivity index (χ1n) is 8.92. The second-order valence-corrected chi connectivity index (χ2v) is 6.98. The zero-order valence-corrected chi connectivity index (χ0v) is 15.3. The number of fused-ring (bicyclic) bond motifs is 1. The number of ether oxygens (including phenoxy) is 1. The Labute approximate surface area is 152 Å². The number of aryl methyl sites for hydroxylation is 1. The van der Waals surface area contributed by atoms with Gasteiger partial charge in [-0.1, -0.05) is 12.1 Å². The van der Waals surface area contributed by atoms with E-state index in [1.807, 2.05) is 56.0 Å². The van der Waals surface area contributed by atoms with E-state index in [1.165, 1.54) is 0 Å². The van der Waals surface area contributed by atoms with Crippen LogP contribution in [-0.2, 0) is 11.3 Å². The number of nitrogens with one attached hydrogen (secondary N) is 1. The van der Waals surface area contributed by atoms with Crippen LogP contribution >= 0.6 is 0 Å². The molecule has 2 aromatic heterocycles. The highest BCUT2D eigenvalue weighted by Crippen LogP contribution is 2.18. The van der Waals surface area contributed by atoms with Crippen LogP contribution in [0.3, 0.4) is 0 Å². The predicted octanol–water partition coefficient (Wildman–Crippen LogP) is 2.37. The summed E-state index contributed by atoms with van der Waals surface area (Å²) in [7, 11) is 0. The molecule has 1 N–H and O–H groups in total. The number of para-hydroxylation sites is 2. The molecule has 7 nitrogen and oxygen atoms in total. The van der Waals surface area contributed by atoms with Crippen molar-refractivity contribution >= 4 is 16.9 Å². The van der Waals surface area contributed by atoms with Gasteiger partial charge in [-0.15, -0.1) is 0 Å². The minimum absolute atomic E-state index is 0.0427. The van der Waals surface area contributed by atoms with Gasteiger partial charge in [0.1, 0.15) is 11.5 Å². The van der Waals surface area contributed by atoms with Gasteiger partial charge >= 0.3 is 0 Å². The lowest BCUT2D eigenvalue weighted by Crippen LogP contribution is -2.48. The quantitative estimate of drug-likeness (QED) is 0.784. The zero-order chi connectivity index (χ0) is 18.3. The molecule has 136 valence electrons. The lowest BCUT2D eigenvalue weighted by Gasteiger charge is -2.34. The van der Waals surface area contributed by atoms with E-state index in [9.17, 15) is 4.79 Å². The first-order chi connectivity index (χ1) is 12.5. The smallest absolute Gasteiger partial charge is 0.274 e. The molecule has 3 aromatic rings. The molecule has 0 radical (unpaired) electrons. The average molecular weight is 353 g/mol. The van der Waals surface area contributed by atoms with Crippen molar-refractivity contribution < 1.29 is 9.53 Å². The molecule has 0 unspecified atom stereocenters. The molecule has 1 amide bonds. The van der Waals surface area contributed by atoms with Crippen molar-refractivity contribution in [2.75, 3.05) is 13.1 Å². The number of nitrogens with zero attached hydrogens (tertiary/aromatic N) is 4. The number of imidazole rings is 1. The highest BCUT2D eigenvalue weighted by atomic mass is 16.5. The summed E-state index contributed by atoms with van der Waals surface area (Å²) >= 11 is 0. The number of hydrogen-bond donors (Lipinski definition) is 1. The van der Waals surface area contributed by atoms with Crippen molar-refractivity contribution in [2.24, 2.45) is 0 Å². The van der Waals surface area contributed by atoms with Crippen molar-refractivity contribution in [1.29, 1.82) is 0 Å². The number of carbonyl (C=O) groups is 1. The van der Waals surface area contributed by atoms with Crippen LogP contribution in [0.1, 0.15) is 35.9 Å². The molecule has 1 aromatic carbocycles. The first-order valence-corrected chi connectivity index (χ1v) is 8.92. The van der Waals surface area contributed by atoms with Gasteiger partial charge in [0.25, 0.3) is 5.91 Å². The van der Waals surface area contributed by atoms with E-state index >= 15 is 0 Å². The molecule has 3 heterocycles. The Kier molecular flexibility index (Phi) is 4.24. The molecule has 1 fully saturated rings. The fourth-order valence-electron chi connectivity index (χ4n) is 3.62. The molecular weight excluding hydrogens is 330 g/mol. The van der Waals surface area contributed by atoms with Crippen LogP contribution in [-0.4, -0.2) is 55.9 Å². The number of hydrogen-bond acceptors (Lipinski definition) is 4. The molecule has 0 bridgehead atoms. The Balaban J connectivity index is 1.54. The van der Waals surface area contributed by atoms with Crippen LogP contribution in [0.4, 0.5) is 0 Å². The van der Waals surface area contributed by atoms with E-state index in [2.05, 4.69) is 19.7 Å². The minimum Gasteiger partial charge on any atom is -0.372 e. The Bertz CT molecular complexity index is 934. The third-order valence-electron chi connectivity index (χ3n) is 4.73. The van der Waals surface area contributed by atoms with Gasteiger partial charge in [-0.25, -0.2) is 4.98 Å². The van der Waals surface area contributed by atoms with E-state index in [4.69, 9.17) is 4.74 Å². The normalized spacial score (nSPS) is 20.7. The molecular formula is C19H23N5O2. The van der Waals surface area contributed by atoms with E-state index in [0.717, 1.165) is 22.6 Å². The number of amides is 1. The van der Waals surface area contributed by atoms with Crippen LogP contribution in [0, 0.1) is 6.92 Å². The molecule has 1 saturated heterocycles.